The van der Waals surface area contributed by atoms with Crippen molar-refractivity contribution >= 4 is 21.4 Å². The summed E-state index contributed by atoms with van der Waals surface area (Å²) in [4.78, 5) is 0.642. The molecule has 0 atom stereocenters. The van der Waals surface area contributed by atoms with Gasteiger partial charge in [-0.2, -0.15) is 5.26 Å². The van der Waals surface area contributed by atoms with Crippen LogP contribution >= 0.6 is 11.3 Å². The maximum Gasteiger partial charge on any atom is 0.136 e. The SMILES string of the molecule is CCc1ccc2cc(C#N)sc2c1O. The molecule has 1 N–H and O–H groups in total. The van der Waals surface area contributed by atoms with E-state index in [-0.39, 0.29) is 0 Å². The van der Waals surface area contributed by atoms with Crippen molar-refractivity contribution < 1.29 is 5.11 Å². The molecule has 0 amide bonds. The van der Waals surface area contributed by atoms with Crippen LogP contribution in [-0.2, 0) is 6.42 Å². The van der Waals surface area contributed by atoms with Crippen LogP contribution in [0.25, 0.3) is 10.1 Å². The fraction of sp³-hybridized carbons (Fsp3) is 0.182. The highest BCUT2D eigenvalue weighted by molar-refractivity contribution is 7.19. The number of fused-ring (bicyclic) bond motifs is 1. The van der Waals surface area contributed by atoms with Crippen molar-refractivity contribution in [3.05, 3.63) is 28.6 Å². The fourth-order valence-electron chi connectivity index (χ4n) is 1.47. The molecule has 2 nitrogen and oxygen atoms in total. The molecule has 3 heteroatoms. The molecule has 0 bridgehead atoms. The molecule has 1 aromatic carbocycles. The topological polar surface area (TPSA) is 44.0 Å². The molecule has 0 unspecified atom stereocenters. The first-order chi connectivity index (χ1) is 6.76. The number of benzene rings is 1. The number of hydrogen-bond acceptors (Lipinski definition) is 3. The lowest BCUT2D eigenvalue weighted by atomic mass is 10.1. The van der Waals surface area contributed by atoms with Crippen LogP contribution in [0.1, 0.15) is 17.4 Å². The standard InChI is InChI=1S/C11H9NOS/c1-2-7-3-4-8-5-9(6-12)14-11(8)10(7)13/h3-5,13H,2H2,1H3. The van der Waals surface area contributed by atoms with Crippen LogP contribution in [0.3, 0.4) is 0 Å². The van der Waals surface area contributed by atoms with Gasteiger partial charge in [0.05, 0.1) is 4.70 Å². The summed E-state index contributed by atoms with van der Waals surface area (Å²) < 4.78 is 0.820. The molecule has 0 aliphatic carbocycles. The number of phenolic OH excluding ortho intramolecular Hbond substituents is 1. The maximum absolute atomic E-state index is 9.86. The summed E-state index contributed by atoms with van der Waals surface area (Å²) in [5.74, 6) is 0.330. The first-order valence-electron chi connectivity index (χ1n) is 4.40. The van der Waals surface area contributed by atoms with Crippen LogP contribution in [0.4, 0.5) is 0 Å². The Morgan fingerprint density at radius 2 is 2.29 bits per heavy atom. The number of aryl methyl sites for hydroxylation is 1. The van der Waals surface area contributed by atoms with Crippen LogP contribution in [-0.4, -0.2) is 5.11 Å². The minimum atomic E-state index is 0.330. The number of hydrogen-bond donors (Lipinski definition) is 1. The molecule has 0 saturated carbocycles. The predicted molar refractivity (Wildman–Crippen MR) is 57.6 cm³/mol. The van der Waals surface area contributed by atoms with Gasteiger partial charge in [0.25, 0.3) is 0 Å². The van der Waals surface area contributed by atoms with Crippen molar-refractivity contribution in [1.29, 1.82) is 5.26 Å². The first kappa shape index (κ1) is 9.04. The summed E-state index contributed by atoms with van der Waals surface area (Å²) >= 11 is 1.34. The van der Waals surface area contributed by atoms with E-state index in [9.17, 15) is 5.11 Å². The molecule has 0 fully saturated rings. The largest absolute Gasteiger partial charge is 0.506 e. The lowest BCUT2D eigenvalue weighted by Crippen LogP contribution is -1.79. The number of nitriles is 1. The van der Waals surface area contributed by atoms with Gasteiger partial charge in [0.2, 0.25) is 0 Å². The summed E-state index contributed by atoms with van der Waals surface area (Å²) in [6.07, 6.45) is 0.807. The third-order valence-corrected chi connectivity index (χ3v) is 3.30. The quantitative estimate of drug-likeness (QED) is 0.774. The van der Waals surface area contributed by atoms with Crippen molar-refractivity contribution in [3.8, 4) is 11.8 Å². The molecule has 0 aliphatic rings. The number of phenols is 1. The van der Waals surface area contributed by atoms with Gasteiger partial charge in [0, 0.05) is 0 Å². The van der Waals surface area contributed by atoms with Crippen LogP contribution in [0, 0.1) is 11.3 Å². The summed E-state index contributed by atoms with van der Waals surface area (Å²) in [6, 6.07) is 7.75. The first-order valence-corrected chi connectivity index (χ1v) is 5.22. The zero-order valence-electron chi connectivity index (χ0n) is 7.74. The molecule has 14 heavy (non-hydrogen) atoms. The molecule has 2 rings (SSSR count). The number of rotatable bonds is 1. The van der Waals surface area contributed by atoms with Crippen LogP contribution in [0.5, 0.6) is 5.75 Å². The summed E-state index contributed by atoms with van der Waals surface area (Å²) in [5, 5.41) is 19.5. The van der Waals surface area contributed by atoms with E-state index in [1.807, 2.05) is 19.1 Å². The molecule has 0 saturated heterocycles. The van der Waals surface area contributed by atoms with Crippen molar-refractivity contribution in [2.24, 2.45) is 0 Å². The van der Waals surface area contributed by atoms with Gasteiger partial charge in [-0.25, -0.2) is 0 Å². The van der Waals surface area contributed by atoms with Crippen LogP contribution in [0.2, 0.25) is 0 Å². The highest BCUT2D eigenvalue weighted by Crippen LogP contribution is 2.35. The molecule has 1 heterocycles. The van der Waals surface area contributed by atoms with Crippen molar-refractivity contribution in [1.82, 2.24) is 0 Å². The average Bonchev–Trinajstić information content (AvgIpc) is 2.62. The molecule has 2 aromatic rings. The smallest absolute Gasteiger partial charge is 0.136 e. The van der Waals surface area contributed by atoms with Gasteiger partial charge in [-0.3, -0.25) is 0 Å². The normalized spacial score (nSPS) is 10.3. The lowest BCUT2D eigenvalue weighted by Gasteiger charge is -2.01. The van der Waals surface area contributed by atoms with E-state index in [0.717, 1.165) is 22.1 Å². The van der Waals surface area contributed by atoms with Crippen molar-refractivity contribution in [2.75, 3.05) is 0 Å². The highest BCUT2D eigenvalue weighted by Gasteiger charge is 2.08. The Morgan fingerprint density at radius 3 is 2.93 bits per heavy atom. The molecular weight excluding hydrogens is 194 g/mol. The van der Waals surface area contributed by atoms with E-state index in [4.69, 9.17) is 5.26 Å². The van der Waals surface area contributed by atoms with Gasteiger partial charge in [-0.1, -0.05) is 19.1 Å². The van der Waals surface area contributed by atoms with Gasteiger partial charge in [0.15, 0.2) is 0 Å². The summed E-state index contributed by atoms with van der Waals surface area (Å²) in [7, 11) is 0. The maximum atomic E-state index is 9.86. The number of aromatic hydroxyl groups is 1. The molecule has 1 aromatic heterocycles. The van der Waals surface area contributed by atoms with E-state index >= 15 is 0 Å². The zero-order valence-corrected chi connectivity index (χ0v) is 8.56. The van der Waals surface area contributed by atoms with E-state index in [1.54, 1.807) is 6.07 Å². The molecule has 70 valence electrons. The Kier molecular flexibility index (Phi) is 2.14. The minimum Gasteiger partial charge on any atom is -0.506 e. The third-order valence-electron chi connectivity index (χ3n) is 2.24. The van der Waals surface area contributed by atoms with E-state index in [2.05, 4.69) is 6.07 Å². The average molecular weight is 203 g/mol. The van der Waals surface area contributed by atoms with Crippen LogP contribution in [0.15, 0.2) is 18.2 Å². The second kappa shape index (κ2) is 3.32. The third kappa shape index (κ3) is 1.24. The van der Waals surface area contributed by atoms with Crippen molar-refractivity contribution in [3.63, 3.8) is 0 Å². The minimum absolute atomic E-state index is 0.330. The molecular formula is C11H9NOS. The Bertz CT molecular complexity index is 522. The Morgan fingerprint density at radius 1 is 1.50 bits per heavy atom. The molecule has 0 radical (unpaired) electrons. The lowest BCUT2D eigenvalue weighted by molar-refractivity contribution is 0.476. The van der Waals surface area contributed by atoms with Gasteiger partial charge in [-0.05, 0) is 23.4 Å². The second-order valence-electron chi connectivity index (χ2n) is 3.07. The Labute approximate surface area is 86.0 Å². The van der Waals surface area contributed by atoms with E-state index in [1.165, 1.54) is 11.3 Å². The predicted octanol–water partition coefficient (Wildman–Crippen LogP) is 3.04. The number of thiophene rings is 1. The van der Waals surface area contributed by atoms with Crippen LogP contribution < -0.4 is 0 Å². The zero-order chi connectivity index (χ0) is 10.1. The molecule has 0 spiro atoms. The van der Waals surface area contributed by atoms with Gasteiger partial charge < -0.3 is 5.11 Å². The Balaban J connectivity index is 2.76. The summed E-state index contributed by atoms with van der Waals surface area (Å²) in [6.45, 7) is 2.00. The van der Waals surface area contributed by atoms with E-state index < -0.39 is 0 Å². The second-order valence-corrected chi connectivity index (χ2v) is 4.12. The monoisotopic (exact) mass is 203 g/mol. The number of nitrogens with zero attached hydrogens (tertiary/aromatic N) is 1. The van der Waals surface area contributed by atoms with Gasteiger partial charge in [-0.15, -0.1) is 11.3 Å². The Hall–Kier alpha value is -1.53. The van der Waals surface area contributed by atoms with Crippen molar-refractivity contribution in [2.45, 2.75) is 13.3 Å². The highest BCUT2D eigenvalue weighted by atomic mass is 32.1. The van der Waals surface area contributed by atoms with Gasteiger partial charge >= 0.3 is 0 Å². The summed E-state index contributed by atoms with van der Waals surface area (Å²) in [5.41, 5.74) is 0.934. The fourth-order valence-corrected chi connectivity index (χ4v) is 2.39. The van der Waals surface area contributed by atoms with E-state index in [0.29, 0.717) is 10.6 Å². The molecule has 0 aliphatic heterocycles. The van der Waals surface area contributed by atoms with Gasteiger partial charge in [0.1, 0.15) is 16.7 Å².